The minimum atomic E-state index is 0.947. The number of hydrogen-bond donors (Lipinski definition) is 2. The summed E-state index contributed by atoms with van der Waals surface area (Å²) >= 11 is 0. The van der Waals surface area contributed by atoms with Crippen molar-refractivity contribution < 1.29 is 0 Å². The number of nitrogens with zero attached hydrogens (tertiary/aromatic N) is 1. The fraction of sp³-hybridized carbons (Fsp3) is 0.143. The van der Waals surface area contributed by atoms with Crippen LogP contribution in [-0.4, -0.2) is 4.57 Å². The molecule has 1 rings (SSSR count). The van der Waals surface area contributed by atoms with Crippen molar-refractivity contribution in [1.82, 2.24) is 4.57 Å². The zero-order valence-electron chi connectivity index (χ0n) is 5.91. The Morgan fingerprint density at radius 2 is 2.10 bits per heavy atom. The molecule has 0 atom stereocenters. The third kappa shape index (κ3) is 0.857. The molecule has 1 aromatic rings. The van der Waals surface area contributed by atoms with Gasteiger partial charge in [0.1, 0.15) is 0 Å². The topological polar surface area (TPSA) is 57.0 Å². The van der Waals surface area contributed by atoms with Gasteiger partial charge in [0.05, 0.1) is 5.35 Å². The van der Waals surface area contributed by atoms with Gasteiger partial charge in [-0.1, -0.05) is 0 Å². The van der Waals surface area contributed by atoms with Crippen LogP contribution >= 0.6 is 0 Å². The van der Waals surface area contributed by atoms with E-state index in [2.05, 4.69) is 0 Å². The largest absolute Gasteiger partial charge is 0.404 e. The Labute approximate surface area is 59.2 Å². The van der Waals surface area contributed by atoms with Crippen molar-refractivity contribution in [2.45, 2.75) is 0 Å². The monoisotopic (exact) mass is 137 g/mol. The third-order valence-electron chi connectivity index (χ3n) is 1.49. The Balaban J connectivity index is 3.59. The average molecular weight is 137 g/mol. The Morgan fingerprint density at radius 3 is 2.50 bits per heavy atom. The molecule has 0 aliphatic rings. The van der Waals surface area contributed by atoms with E-state index in [0.29, 0.717) is 0 Å². The molecule has 1 aromatic heterocycles. The molecule has 3 heteroatoms. The van der Waals surface area contributed by atoms with Crippen LogP contribution in [0.3, 0.4) is 0 Å². The molecule has 0 aliphatic heterocycles. The lowest BCUT2D eigenvalue weighted by molar-refractivity contribution is 0.886. The van der Waals surface area contributed by atoms with Gasteiger partial charge in [0, 0.05) is 30.9 Å². The van der Waals surface area contributed by atoms with Crippen LogP contribution in [0.15, 0.2) is 12.3 Å². The molecule has 4 N–H and O–H groups in total. The summed E-state index contributed by atoms with van der Waals surface area (Å²) in [7, 11) is 1.92. The fourth-order valence-corrected chi connectivity index (χ4v) is 0.916. The van der Waals surface area contributed by atoms with Crippen molar-refractivity contribution in [3.8, 4) is 0 Å². The predicted molar refractivity (Wildman–Crippen MR) is 42.0 cm³/mol. The Hall–Kier alpha value is -1.38. The van der Waals surface area contributed by atoms with E-state index in [9.17, 15) is 0 Å². The number of rotatable bonds is 0. The smallest absolute Gasteiger partial charge is 0.0649 e. The lowest BCUT2D eigenvalue weighted by atomic mass is 10.4. The number of nitrogens with two attached hydrogens (primary N) is 2. The Bertz CT molecular complexity index is 321. The molecule has 0 aliphatic carbocycles. The van der Waals surface area contributed by atoms with Crippen LogP contribution < -0.4 is 22.0 Å². The second-order valence-corrected chi connectivity index (χ2v) is 2.10. The number of aryl methyl sites for hydroxylation is 1. The molecule has 0 saturated heterocycles. The lowest BCUT2D eigenvalue weighted by Crippen LogP contribution is -2.29. The molecule has 3 nitrogen and oxygen atoms in total. The van der Waals surface area contributed by atoms with Gasteiger partial charge in [-0.25, -0.2) is 0 Å². The highest BCUT2D eigenvalue weighted by molar-refractivity contribution is 5.24. The normalized spacial score (nSPS) is 14.5. The van der Waals surface area contributed by atoms with Gasteiger partial charge >= 0.3 is 0 Å². The summed E-state index contributed by atoms with van der Waals surface area (Å²) in [6, 6.07) is 1.92. The van der Waals surface area contributed by atoms with E-state index in [0.717, 1.165) is 10.6 Å². The van der Waals surface area contributed by atoms with Gasteiger partial charge in [0.2, 0.25) is 0 Å². The maximum absolute atomic E-state index is 5.35. The van der Waals surface area contributed by atoms with Gasteiger partial charge in [-0.05, 0) is 6.07 Å². The van der Waals surface area contributed by atoms with E-state index >= 15 is 0 Å². The van der Waals surface area contributed by atoms with E-state index in [4.69, 9.17) is 11.5 Å². The van der Waals surface area contributed by atoms with Gasteiger partial charge in [-0.15, -0.1) is 0 Å². The van der Waals surface area contributed by atoms with Crippen molar-refractivity contribution in [2.24, 2.45) is 18.5 Å². The van der Waals surface area contributed by atoms with Crippen molar-refractivity contribution in [1.29, 1.82) is 0 Å². The first-order valence-corrected chi connectivity index (χ1v) is 3.05. The maximum atomic E-state index is 5.35. The lowest BCUT2D eigenvalue weighted by Gasteiger charge is -1.87. The van der Waals surface area contributed by atoms with Gasteiger partial charge < -0.3 is 16.0 Å². The first-order chi connectivity index (χ1) is 4.79. The summed E-state index contributed by atoms with van der Waals surface area (Å²) in [4.78, 5) is 0. The molecule has 0 aromatic carbocycles. The third-order valence-corrected chi connectivity index (χ3v) is 1.49. The molecule has 0 unspecified atom stereocenters. The minimum Gasteiger partial charge on any atom is -0.404 e. The van der Waals surface area contributed by atoms with Crippen LogP contribution in [0, 0.1) is 0 Å². The quantitative estimate of drug-likeness (QED) is 0.453. The van der Waals surface area contributed by atoms with Crippen molar-refractivity contribution in [3.05, 3.63) is 22.8 Å². The predicted octanol–water partition coefficient (Wildman–Crippen LogP) is -1.58. The molecule has 0 saturated carbocycles. The van der Waals surface area contributed by atoms with Crippen molar-refractivity contribution in [3.63, 3.8) is 0 Å². The van der Waals surface area contributed by atoms with Gasteiger partial charge in [-0.2, -0.15) is 0 Å². The summed E-state index contributed by atoms with van der Waals surface area (Å²) in [6.07, 6.45) is 4.99. The maximum Gasteiger partial charge on any atom is 0.0649 e. The van der Waals surface area contributed by atoms with Gasteiger partial charge in [0.25, 0.3) is 0 Å². The van der Waals surface area contributed by atoms with Crippen LogP contribution in [0.2, 0.25) is 0 Å². The van der Waals surface area contributed by atoms with E-state index in [1.54, 1.807) is 12.4 Å². The fourth-order valence-electron chi connectivity index (χ4n) is 0.916. The molecule has 0 amide bonds. The summed E-state index contributed by atoms with van der Waals surface area (Å²) in [5.41, 5.74) is 10.7. The molecule has 0 radical (unpaired) electrons. The molecular weight excluding hydrogens is 126 g/mol. The van der Waals surface area contributed by atoms with Crippen LogP contribution in [0.25, 0.3) is 12.4 Å². The summed E-state index contributed by atoms with van der Waals surface area (Å²) in [6.45, 7) is 0. The minimum absolute atomic E-state index is 0.947. The molecule has 1 heterocycles. The van der Waals surface area contributed by atoms with E-state index in [1.807, 2.05) is 23.9 Å². The van der Waals surface area contributed by atoms with Crippen LogP contribution in [0.5, 0.6) is 0 Å². The second kappa shape index (κ2) is 2.47. The van der Waals surface area contributed by atoms with Gasteiger partial charge in [0.15, 0.2) is 0 Å². The average Bonchev–Trinajstić information content (AvgIpc) is 2.30. The molecule has 0 spiro atoms. The Morgan fingerprint density at radius 1 is 1.40 bits per heavy atom. The van der Waals surface area contributed by atoms with Crippen molar-refractivity contribution >= 4 is 12.4 Å². The van der Waals surface area contributed by atoms with Gasteiger partial charge in [-0.3, -0.25) is 0 Å². The zero-order valence-corrected chi connectivity index (χ0v) is 5.91. The van der Waals surface area contributed by atoms with E-state index < -0.39 is 0 Å². The van der Waals surface area contributed by atoms with Crippen LogP contribution in [0.1, 0.15) is 0 Å². The van der Waals surface area contributed by atoms with Crippen molar-refractivity contribution in [2.75, 3.05) is 0 Å². The summed E-state index contributed by atoms with van der Waals surface area (Å²) in [5.74, 6) is 0. The number of aromatic nitrogens is 1. The highest BCUT2D eigenvalue weighted by Gasteiger charge is 1.86. The van der Waals surface area contributed by atoms with E-state index in [1.165, 1.54) is 0 Å². The van der Waals surface area contributed by atoms with Crippen LogP contribution in [-0.2, 0) is 7.05 Å². The number of hydrogen-bond acceptors (Lipinski definition) is 2. The summed E-state index contributed by atoms with van der Waals surface area (Å²) in [5, 5.41) is 1.91. The highest BCUT2D eigenvalue weighted by atomic mass is 14.9. The Kier molecular flexibility index (Phi) is 1.67. The molecular formula is C7H11N3. The SMILES string of the molecule is Cn1ccc(=C/N)/c1=C\N. The molecule has 0 bridgehead atoms. The highest BCUT2D eigenvalue weighted by Crippen LogP contribution is 1.66. The first-order valence-electron chi connectivity index (χ1n) is 3.05. The van der Waals surface area contributed by atoms with Crippen LogP contribution in [0.4, 0.5) is 0 Å². The molecule has 10 heavy (non-hydrogen) atoms. The van der Waals surface area contributed by atoms with E-state index in [-0.39, 0.29) is 0 Å². The summed E-state index contributed by atoms with van der Waals surface area (Å²) < 4.78 is 1.92. The molecule has 54 valence electrons. The molecule has 0 fully saturated rings. The first kappa shape index (κ1) is 6.74. The zero-order chi connectivity index (χ0) is 7.56. The second-order valence-electron chi connectivity index (χ2n) is 2.10. The standard InChI is InChI=1S/C7H11N3/c1-10-3-2-6(4-8)7(10)5-9/h2-5H,8-9H2,1H3/b6-4-,7-5+.